The van der Waals surface area contributed by atoms with E-state index < -0.39 is 0 Å². The second kappa shape index (κ2) is 7.14. The Morgan fingerprint density at radius 3 is 2.95 bits per heavy atom. The van der Waals surface area contributed by atoms with Crippen molar-refractivity contribution in [3.05, 3.63) is 35.9 Å². The van der Waals surface area contributed by atoms with Crippen molar-refractivity contribution >= 4 is 5.96 Å². The Morgan fingerprint density at radius 1 is 1.42 bits per heavy atom. The van der Waals surface area contributed by atoms with Crippen molar-refractivity contribution in [3.8, 4) is 0 Å². The van der Waals surface area contributed by atoms with Gasteiger partial charge in [-0.25, -0.2) is 0 Å². The van der Waals surface area contributed by atoms with E-state index in [1.54, 1.807) is 0 Å². The van der Waals surface area contributed by atoms with Gasteiger partial charge in [-0.1, -0.05) is 30.3 Å². The second-order valence-electron chi connectivity index (χ2n) is 5.01. The molecule has 1 aliphatic heterocycles. The lowest BCUT2D eigenvalue weighted by Gasteiger charge is -2.23. The Morgan fingerprint density at radius 2 is 2.21 bits per heavy atom. The maximum atomic E-state index is 5.78. The molecule has 3 N–H and O–H groups in total. The Labute approximate surface area is 115 Å². The molecule has 0 spiro atoms. The molecule has 4 heteroatoms. The van der Waals surface area contributed by atoms with Crippen LogP contribution in [-0.4, -0.2) is 36.5 Å². The summed E-state index contributed by atoms with van der Waals surface area (Å²) in [5.74, 6) is 0.564. The molecule has 1 fully saturated rings. The van der Waals surface area contributed by atoms with Crippen LogP contribution in [0.2, 0.25) is 0 Å². The van der Waals surface area contributed by atoms with Gasteiger partial charge >= 0.3 is 0 Å². The minimum atomic E-state index is 0.525. The summed E-state index contributed by atoms with van der Waals surface area (Å²) in [6.45, 7) is 5.83. The summed E-state index contributed by atoms with van der Waals surface area (Å²) in [7, 11) is 0. The van der Waals surface area contributed by atoms with Gasteiger partial charge in [-0.05, 0) is 31.9 Å². The number of rotatable bonds is 5. The summed E-state index contributed by atoms with van der Waals surface area (Å²) >= 11 is 0. The molecule has 0 aliphatic carbocycles. The molecule has 0 bridgehead atoms. The molecule has 2 rings (SSSR count). The number of aliphatic imine (C=N–C) groups is 1. The fraction of sp³-hybridized carbons (Fsp3) is 0.533. The minimum Gasteiger partial charge on any atom is -0.370 e. The van der Waals surface area contributed by atoms with Gasteiger partial charge in [-0.15, -0.1) is 0 Å². The molecule has 19 heavy (non-hydrogen) atoms. The highest BCUT2D eigenvalue weighted by Gasteiger charge is 2.23. The van der Waals surface area contributed by atoms with Crippen LogP contribution in [0, 0.1) is 0 Å². The van der Waals surface area contributed by atoms with E-state index in [1.165, 1.54) is 18.4 Å². The lowest BCUT2D eigenvalue weighted by molar-refractivity contribution is 0.250. The number of likely N-dealkylation sites (tertiary alicyclic amines) is 1. The molecule has 1 saturated heterocycles. The van der Waals surface area contributed by atoms with Crippen molar-refractivity contribution < 1.29 is 0 Å². The van der Waals surface area contributed by atoms with Crippen LogP contribution in [-0.2, 0) is 6.54 Å². The zero-order valence-corrected chi connectivity index (χ0v) is 11.7. The van der Waals surface area contributed by atoms with Gasteiger partial charge in [0.2, 0.25) is 0 Å². The van der Waals surface area contributed by atoms with Crippen LogP contribution in [0.4, 0.5) is 0 Å². The van der Waals surface area contributed by atoms with Crippen molar-refractivity contribution in [2.75, 3.05) is 19.6 Å². The van der Waals surface area contributed by atoms with Crippen LogP contribution in [0.5, 0.6) is 0 Å². The molecular weight excluding hydrogens is 236 g/mol. The van der Waals surface area contributed by atoms with E-state index in [0.29, 0.717) is 12.0 Å². The van der Waals surface area contributed by atoms with Gasteiger partial charge in [0.25, 0.3) is 0 Å². The fourth-order valence-electron chi connectivity index (χ4n) is 2.57. The third kappa shape index (κ3) is 4.24. The highest BCUT2D eigenvalue weighted by molar-refractivity contribution is 5.77. The third-order valence-corrected chi connectivity index (χ3v) is 3.56. The average molecular weight is 260 g/mol. The number of hydrogen-bond acceptors (Lipinski definition) is 2. The molecule has 1 aromatic carbocycles. The average Bonchev–Trinajstić information content (AvgIpc) is 2.85. The van der Waals surface area contributed by atoms with Crippen LogP contribution < -0.4 is 11.1 Å². The molecule has 1 heterocycles. The highest BCUT2D eigenvalue weighted by Crippen LogP contribution is 2.20. The first-order valence-electron chi connectivity index (χ1n) is 7.11. The molecule has 0 radical (unpaired) electrons. The number of benzene rings is 1. The van der Waals surface area contributed by atoms with Crippen molar-refractivity contribution in [1.29, 1.82) is 0 Å². The lowest BCUT2D eigenvalue weighted by Crippen LogP contribution is -2.35. The van der Waals surface area contributed by atoms with E-state index in [0.717, 1.165) is 26.2 Å². The van der Waals surface area contributed by atoms with E-state index >= 15 is 0 Å². The predicted octanol–water partition coefficient (Wildman–Crippen LogP) is 1.58. The summed E-state index contributed by atoms with van der Waals surface area (Å²) in [4.78, 5) is 6.94. The van der Waals surface area contributed by atoms with Crippen LogP contribution in [0.15, 0.2) is 35.3 Å². The van der Waals surface area contributed by atoms with E-state index in [-0.39, 0.29) is 0 Å². The first kappa shape index (κ1) is 13.9. The zero-order chi connectivity index (χ0) is 13.5. The van der Waals surface area contributed by atoms with E-state index in [4.69, 9.17) is 5.73 Å². The van der Waals surface area contributed by atoms with Crippen molar-refractivity contribution in [2.24, 2.45) is 10.7 Å². The summed E-state index contributed by atoms with van der Waals surface area (Å²) in [5.41, 5.74) is 7.15. The maximum absolute atomic E-state index is 5.78. The van der Waals surface area contributed by atoms with Crippen molar-refractivity contribution in [2.45, 2.75) is 32.4 Å². The van der Waals surface area contributed by atoms with Gasteiger partial charge in [0.15, 0.2) is 5.96 Å². The van der Waals surface area contributed by atoms with Gasteiger partial charge in [0.05, 0.1) is 6.54 Å². The monoisotopic (exact) mass is 260 g/mol. The summed E-state index contributed by atoms with van der Waals surface area (Å²) in [5, 5.41) is 3.04. The van der Waals surface area contributed by atoms with E-state index in [9.17, 15) is 0 Å². The number of nitrogens with zero attached hydrogens (tertiary/aromatic N) is 2. The van der Waals surface area contributed by atoms with Gasteiger partial charge in [-0.3, -0.25) is 9.89 Å². The number of nitrogens with two attached hydrogens (primary N) is 1. The van der Waals surface area contributed by atoms with Crippen LogP contribution in [0.3, 0.4) is 0 Å². The maximum Gasteiger partial charge on any atom is 0.188 e. The Bertz CT molecular complexity index is 402. The number of nitrogens with one attached hydrogen (secondary N) is 1. The van der Waals surface area contributed by atoms with Gasteiger partial charge in [0, 0.05) is 19.1 Å². The fourth-order valence-corrected chi connectivity index (χ4v) is 2.57. The lowest BCUT2D eigenvalue weighted by atomic mass is 10.2. The zero-order valence-electron chi connectivity index (χ0n) is 11.7. The molecule has 1 unspecified atom stereocenters. The third-order valence-electron chi connectivity index (χ3n) is 3.56. The normalized spacial score (nSPS) is 20.7. The van der Waals surface area contributed by atoms with Crippen LogP contribution in [0.25, 0.3) is 0 Å². The topological polar surface area (TPSA) is 53.6 Å². The van der Waals surface area contributed by atoms with Crippen LogP contribution in [0.1, 0.15) is 25.3 Å². The van der Waals surface area contributed by atoms with Gasteiger partial charge in [-0.2, -0.15) is 0 Å². The van der Waals surface area contributed by atoms with Crippen molar-refractivity contribution in [1.82, 2.24) is 10.2 Å². The second-order valence-corrected chi connectivity index (χ2v) is 5.01. The van der Waals surface area contributed by atoms with Gasteiger partial charge < -0.3 is 11.1 Å². The molecule has 0 aromatic heterocycles. The molecule has 0 saturated carbocycles. The number of guanidine groups is 1. The smallest absolute Gasteiger partial charge is 0.188 e. The molecule has 1 atom stereocenters. The summed E-state index contributed by atoms with van der Waals surface area (Å²) < 4.78 is 0. The number of hydrogen-bond donors (Lipinski definition) is 2. The van der Waals surface area contributed by atoms with Crippen molar-refractivity contribution in [3.63, 3.8) is 0 Å². The minimum absolute atomic E-state index is 0.525. The van der Waals surface area contributed by atoms with Crippen LogP contribution >= 0.6 is 0 Å². The standard InChI is InChI=1S/C15H24N4/c1-2-17-15(16)18-11-14-9-6-10-19(14)12-13-7-4-3-5-8-13/h3-5,7-8,14H,2,6,9-12H2,1H3,(H3,16,17,18). The molecule has 1 aliphatic rings. The quantitative estimate of drug-likeness (QED) is 0.624. The Kier molecular flexibility index (Phi) is 5.21. The molecule has 0 amide bonds. The Hall–Kier alpha value is -1.55. The highest BCUT2D eigenvalue weighted by atomic mass is 15.2. The Balaban J connectivity index is 1.88. The molecule has 4 nitrogen and oxygen atoms in total. The first-order chi connectivity index (χ1) is 9.29. The first-order valence-corrected chi connectivity index (χ1v) is 7.11. The van der Waals surface area contributed by atoms with Gasteiger partial charge in [0.1, 0.15) is 0 Å². The van der Waals surface area contributed by atoms with E-state index in [1.807, 2.05) is 6.92 Å². The molecule has 1 aromatic rings. The molecular formula is C15H24N4. The SMILES string of the molecule is CCNC(N)=NCC1CCCN1Cc1ccccc1. The predicted molar refractivity (Wildman–Crippen MR) is 80.0 cm³/mol. The van der Waals surface area contributed by atoms with E-state index in [2.05, 4.69) is 45.5 Å². The summed E-state index contributed by atoms with van der Waals surface area (Å²) in [6.07, 6.45) is 2.48. The summed E-state index contributed by atoms with van der Waals surface area (Å²) in [6, 6.07) is 11.2. The molecule has 104 valence electrons. The largest absolute Gasteiger partial charge is 0.370 e.